The maximum Gasteiger partial charge on any atom is 0.119 e. The monoisotopic (exact) mass is 303 g/mol. The van der Waals surface area contributed by atoms with Crippen LogP contribution in [0, 0.1) is 0 Å². The molecule has 2 fully saturated rings. The van der Waals surface area contributed by atoms with Gasteiger partial charge in [0, 0.05) is 21.7 Å². The molecule has 2 aliphatic rings. The molecule has 2 saturated heterocycles. The van der Waals surface area contributed by atoms with Crippen LogP contribution in [-0.4, -0.2) is 36.2 Å². The zero-order valence-corrected chi connectivity index (χ0v) is 13.3. The Morgan fingerprint density at radius 3 is 2.62 bits per heavy atom. The van der Waals surface area contributed by atoms with Crippen molar-refractivity contribution < 1.29 is 9.84 Å². The Balaban J connectivity index is 1.72. The third kappa shape index (κ3) is 2.08. The van der Waals surface area contributed by atoms with Crippen molar-refractivity contribution in [1.29, 1.82) is 0 Å². The van der Waals surface area contributed by atoms with Crippen molar-refractivity contribution in [2.45, 2.75) is 43.4 Å². The number of piperidine rings is 1. The fourth-order valence-electron chi connectivity index (χ4n) is 4.02. The van der Waals surface area contributed by atoms with Crippen LogP contribution in [0.3, 0.4) is 0 Å². The van der Waals surface area contributed by atoms with Crippen LogP contribution < -0.4 is 4.74 Å². The van der Waals surface area contributed by atoms with Crippen LogP contribution >= 0.6 is 11.3 Å². The van der Waals surface area contributed by atoms with Crippen LogP contribution in [-0.2, 0) is 5.60 Å². The second-order valence-electron chi connectivity index (χ2n) is 6.50. The van der Waals surface area contributed by atoms with E-state index in [0.717, 1.165) is 23.5 Å². The van der Waals surface area contributed by atoms with Crippen LogP contribution in [0.5, 0.6) is 5.75 Å². The Bertz CT molecular complexity index is 666. The first-order valence-electron chi connectivity index (χ1n) is 7.61. The number of rotatable bonds is 2. The van der Waals surface area contributed by atoms with Gasteiger partial charge in [0.2, 0.25) is 0 Å². The lowest BCUT2D eigenvalue weighted by molar-refractivity contribution is -0.0465. The highest BCUT2D eigenvalue weighted by Gasteiger charge is 2.47. The lowest BCUT2D eigenvalue weighted by atomic mass is 9.85. The molecule has 2 aromatic rings. The van der Waals surface area contributed by atoms with Crippen molar-refractivity contribution in [3.63, 3.8) is 0 Å². The number of fused-ring (bicyclic) bond motifs is 3. The van der Waals surface area contributed by atoms with Crippen molar-refractivity contribution in [2.75, 3.05) is 14.2 Å². The number of methoxy groups -OCH3 is 1. The van der Waals surface area contributed by atoms with E-state index in [2.05, 4.69) is 30.1 Å². The largest absolute Gasteiger partial charge is 0.497 e. The van der Waals surface area contributed by atoms with Gasteiger partial charge in [0.25, 0.3) is 0 Å². The first kappa shape index (κ1) is 13.6. The van der Waals surface area contributed by atoms with E-state index >= 15 is 0 Å². The molecule has 2 aliphatic heterocycles. The molecule has 0 amide bonds. The summed E-state index contributed by atoms with van der Waals surface area (Å²) in [5, 5.41) is 12.4. The van der Waals surface area contributed by atoms with Gasteiger partial charge in [0.1, 0.15) is 11.4 Å². The van der Waals surface area contributed by atoms with Gasteiger partial charge in [-0.3, -0.25) is 0 Å². The van der Waals surface area contributed by atoms with E-state index in [0.29, 0.717) is 12.1 Å². The Labute approximate surface area is 129 Å². The third-order valence-corrected chi connectivity index (χ3v) is 6.62. The van der Waals surface area contributed by atoms with Crippen LogP contribution in [0.2, 0.25) is 0 Å². The number of ether oxygens (including phenoxy) is 1. The predicted octanol–water partition coefficient (Wildman–Crippen LogP) is 3.35. The van der Waals surface area contributed by atoms with Gasteiger partial charge in [-0.25, -0.2) is 0 Å². The van der Waals surface area contributed by atoms with Crippen molar-refractivity contribution in [3.05, 3.63) is 29.1 Å². The normalized spacial score (nSPS) is 32.7. The second-order valence-corrected chi connectivity index (χ2v) is 7.59. The molecule has 2 atom stereocenters. The molecule has 0 spiro atoms. The van der Waals surface area contributed by atoms with E-state index in [1.807, 2.05) is 6.07 Å². The van der Waals surface area contributed by atoms with E-state index in [4.69, 9.17) is 4.74 Å². The summed E-state index contributed by atoms with van der Waals surface area (Å²) in [4.78, 5) is 3.58. The van der Waals surface area contributed by atoms with Crippen molar-refractivity contribution in [1.82, 2.24) is 4.90 Å². The lowest BCUT2D eigenvalue weighted by Crippen LogP contribution is -2.47. The molecule has 2 bridgehead atoms. The van der Waals surface area contributed by atoms with Crippen molar-refractivity contribution in [3.8, 4) is 5.75 Å². The number of benzene rings is 1. The molecule has 3 heterocycles. The Kier molecular flexibility index (Phi) is 3.03. The zero-order chi connectivity index (χ0) is 14.6. The van der Waals surface area contributed by atoms with Crippen LogP contribution in [0.15, 0.2) is 24.3 Å². The van der Waals surface area contributed by atoms with Gasteiger partial charge in [-0.1, -0.05) is 0 Å². The fourth-order valence-corrected chi connectivity index (χ4v) is 5.18. The van der Waals surface area contributed by atoms with E-state index in [-0.39, 0.29) is 0 Å². The molecule has 3 nitrogen and oxygen atoms in total. The average molecular weight is 303 g/mol. The molecule has 1 aromatic carbocycles. The van der Waals surface area contributed by atoms with Crippen LogP contribution in [0.25, 0.3) is 10.1 Å². The highest BCUT2D eigenvalue weighted by atomic mass is 32.1. The van der Waals surface area contributed by atoms with Gasteiger partial charge in [-0.15, -0.1) is 11.3 Å². The quantitative estimate of drug-likeness (QED) is 0.923. The molecule has 0 radical (unpaired) electrons. The van der Waals surface area contributed by atoms with Gasteiger partial charge in [-0.05, 0) is 62.4 Å². The first-order chi connectivity index (χ1) is 10.1. The van der Waals surface area contributed by atoms with E-state index in [1.165, 1.54) is 22.9 Å². The van der Waals surface area contributed by atoms with E-state index < -0.39 is 5.60 Å². The Morgan fingerprint density at radius 2 is 1.95 bits per heavy atom. The van der Waals surface area contributed by atoms with Crippen LogP contribution in [0.1, 0.15) is 30.6 Å². The summed E-state index contributed by atoms with van der Waals surface area (Å²) in [6.07, 6.45) is 4.18. The zero-order valence-electron chi connectivity index (χ0n) is 12.5. The molecule has 1 N–H and O–H groups in total. The molecule has 112 valence electrons. The predicted molar refractivity (Wildman–Crippen MR) is 86.1 cm³/mol. The minimum Gasteiger partial charge on any atom is -0.497 e. The first-order valence-corrected chi connectivity index (χ1v) is 8.43. The second kappa shape index (κ2) is 4.70. The minimum absolute atomic E-state index is 0.536. The van der Waals surface area contributed by atoms with Gasteiger partial charge in [0.15, 0.2) is 0 Å². The summed E-state index contributed by atoms with van der Waals surface area (Å²) < 4.78 is 6.52. The number of hydrogen-bond acceptors (Lipinski definition) is 4. The maximum absolute atomic E-state index is 11.2. The number of nitrogens with zero attached hydrogens (tertiary/aromatic N) is 1. The molecule has 4 heteroatoms. The van der Waals surface area contributed by atoms with Crippen LogP contribution in [0.4, 0.5) is 0 Å². The number of hydrogen-bond donors (Lipinski definition) is 1. The van der Waals surface area contributed by atoms with Gasteiger partial charge < -0.3 is 14.7 Å². The molecule has 0 aliphatic carbocycles. The van der Waals surface area contributed by atoms with Gasteiger partial charge in [-0.2, -0.15) is 0 Å². The molecular weight excluding hydrogens is 282 g/mol. The van der Waals surface area contributed by atoms with Gasteiger partial charge >= 0.3 is 0 Å². The number of thiophene rings is 1. The summed E-state index contributed by atoms with van der Waals surface area (Å²) in [6, 6.07) is 9.37. The van der Waals surface area contributed by atoms with Gasteiger partial charge in [0.05, 0.1) is 7.11 Å². The Morgan fingerprint density at radius 1 is 1.24 bits per heavy atom. The summed E-state index contributed by atoms with van der Waals surface area (Å²) >= 11 is 1.73. The SMILES string of the molecule is COc1ccc2sc(C3(O)CC4CCC(C3)N4C)cc2c1. The number of aliphatic hydroxyl groups is 1. The average Bonchev–Trinajstić information content (AvgIpc) is 2.99. The lowest BCUT2D eigenvalue weighted by Gasteiger charge is -2.41. The maximum atomic E-state index is 11.2. The summed E-state index contributed by atoms with van der Waals surface area (Å²) in [6.45, 7) is 0. The highest BCUT2D eigenvalue weighted by Crippen LogP contribution is 2.47. The Hall–Kier alpha value is -1.10. The van der Waals surface area contributed by atoms with E-state index in [9.17, 15) is 5.11 Å². The fraction of sp³-hybridized carbons (Fsp3) is 0.529. The standard InChI is InChI=1S/C17H21NO2S/c1-18-12-3-4-13(18)10-17(19,9-12)16-8-11-7-14(20-2)5-6-15(11)21-16/h5-8,12-13,19H,3-4,9-10H2,1-2H3. The minimum atomic E-state index is -0.644. The molecular formula is C17H21NO2S. The topological polar surface area (TPSA) is 32.7 Å². The molecule has 2 unspecified atom stereocenters. The highest BCUT2D eigenvalue weighted by molar-refractivity contribution is 7.19. The van der Waals surface area contributed by atoms with E-state index in [1.54, 1.807) is 18.4 Å². The molecule has 4 rings (SSSR count). The third-order valence-electron chi connectivity index (χ3n) is 5.31. The molecule has 1 aromatic heterocycles. The summed E-state index contributed by atoms with van der Waals surface area (Å²) in [7, 11) is 3.90. The summed E-state index contributed by atoms with van der Waals surface area (Å²) in [5.41, 5.74) is -0.644. The van der Waals surface area contributed by atoms with Crippen molar-refractivity contribution in [2.24, 2.45) is 0 Å². The molecule has 0 saturated carbocycles. The molecule has 21 heavy (non-hydrogen) atoms. The summed E-state index contributed by atoms with van der Waals surface area (Å²) in [5.74, 6) is 0.877. The smallest absolute Gasteiger partial charge is 0.119 e. The van der Waals surface area contributed by atoms with Crippen molar-refractivity contribution >= 4 is 21.4 Å².